The van der Waals surface area contributed by atoms with Gasteiger partial charge in [0.15, 0.2) is 5.60 Å². The van der Waals surface area contributed by atoms with Crippen LogP contribution in [0, 0.1) is 0 Å². The number of ether oxygens (including phenoxy) is 2. The molecule has 0 saturated carbocycles. The maximum Gasteiger partial charge on any atom is 0.340 e. The van der Waals surface area contributed by atoms with Crippen molar-refractivity contribution < 1.29 is 14.3 Å². The van der Waals surface area contributed by atoms with Crippen LogP contribution >= 0.6 is 0 Å². The molecule has 17 heavy (non-hydrogen) atoms. The van der Waals surface area contributed by atoms with Gasteiger partial charge in [-0.15, -0.1) is 0 Å². The minimum absolute atomic E-state index is 0.282. The molecule has 1 fully saturated rings. The molecule has 0 N–H and O–H groups in total. The van der Waals surface area contributed by atoms with Crippen molar-refractivity contribution in [2.24, 2.45) is 0 Å². The standard InChI is InChI=1S/C14H18O3/c1-4-14(10-11-8-6-5-7-9-11)13(2,17-14)12(15)16-3/h5-9H,4,10H2,1-3H3. The molecule has 2 rings (SSSR count). The van der Waals surface area contributed by atoms with Crippen molar-refractivity contribution in [3.8, 4) is 0 Å². The third-order valence-corrected chi connectivity index (χ3v) is 3.71. The van der Waals surface area contributed by atoms with Gasteiger partial charge < -0.3 is 9.47 Å². The van der Waals surface area contributed by atoms with Crippen molar-refractivity contribution in [2.75, 3.05) is 7.11 Å². The maximum absolute atomic E-state index is 11.7. The van der Waals surface area contributed by atoms with Gasteiger partial charge in [-0.2, -0.15) is 0 Å². The van der Waals surface area contributed by atoms with Gasteiger partial charge in [0.25, 0.3) is 0 Å². The van der Waals surface area contributed by atoms with E-state index in [1.165, 1.54) is 12.7 Å². The molecular formula is C14H18O3. The normalized spacial score (nSPS) is 31.0. The van der Waals surface area contributed by atoms with Crippen LogP contribution in [0.2, 0.25) is 0 Å². The molecule has 1 aromatic carbocycles. The van der Waals surface area contributed by atoms with Crippen LogP contribution in [-0.4, -0.2) is 24.3 Å². The number of hydrogen-bond donors (Lipinski definition) is 0. The van der Waals surface area contributed by atoms with Gasteiger partial charge in [0.1, 0.15) is 5.60 Å². The number of epoxide rings is 1. The van der Waals surface area contributed by atoms with E-state index in [-0.39, 0.29) is 5.97 Å². The summed E-state index contributed by atoms with van der Waals surface area (Å²) in [5.74, 6) is -0.282. The molecule has 1 heterocycles. The quantitative estimate of drug-likeness (QED) is 0.593. The second kappa shape index (κ2) is 4.15. The lowest BCUT2D eigenvalue weighted by Gasteiger charge is -2.14. The van der Waals surface area contributed by atoms with Gasteiger partial charge in [-0.1, -0.05) is 37.3 Å². The largest absolute Gasteiger partial charge is 0.467 e. The first-order valence-electron chi connectivity index (χ1n) is 5.90. The van der Waals surface area contributed by atoms with Crippen molar-refractivity contribution in [3.63, 3.8) is 0 Å². The smallest absolute Gasteiger partial charge is 0.340 e. The summed E-state index contributed by atoms with van der Waals surface area (Å²) in [4.78, 5) is 11.7. The molecule has 1 aliphatic rings. The highest BCUT2D eigenvalue weighted by atomic mass is 16.7. The first kappa shape index (κ1) is 12.1. The Bertz CT molecular complexity index is 415. The van der Waals surface area contributed by atoms with E-state index >= 15 is 0 Å². The van der Waals surface area contributed by atoms with Crippen molar-refractivity contribution in [3.05, 3.63) is 35.9 Å². The lowest BCUT2D eigenvalue weighted by Crippen LogP contribution is -2.33. The van der Waals surface area contributed by atoms with E-state index < -0.39 is 11.2 Å². The van der Waals surface area contributed by atoms with Crippen LogP contribution in [0.3, 0.4) is 0 Å². The summed E-state index contributed by atoms with van der Waals surface area (Å²) < 4.78 is 10.5. The van der Waals surface area contributed by atoms with Crippen LogP contribution in [0.15, 0.2) is 30.3 Å². The van der Waals surface area contributed by atoms with Crippen LogP contribution in [-0.2, 0) is 20.7 Å². The van der Waals surface area contributed by atoms with Gasteiger partial charge in [0, 0.05) is 6.42 Å². The fourth-order valence-corrected chi connectivity index (χ4v) is 2.45. The first-order chi connectivity index (χ1) is 8.08. The molecule has 1 saturated heterocycles. The van der Waals surface area contributed by atoms with Crippen LogP contribution in [0.25, 0.3) is 0 Å². The third kappa shape index (κ3) is 1.84. The first-order valence-corrected chi connectivity index (χ1v) is 5.90. The summed E-state index contributed by atoms with van der Waals surface area (Å²) in [7, 11) is 1.40. The van der Waals surface area contributed by atoms with Crippen LogP contribution < -0.4 is 0 Å². The molecule has 0 spiro atoms. The molecule has 3 nitrogen and oxygen atoms in total. The van der Waals surface area contributed by atoms with E-state index in [1.54, 1.807) is 0 Å². The Morgan fingerprint density at radius 3 is 2.53 bits per heavy atom. The number of carbonyl (C=O) groups is 1. The summed E-state index contributed by atoms with van der Waals surface area (Å²) >= 11 is 0. The van der Waals surface area contributed by atoms with Crippen molar-refractivity contribution in [2.45, 2.75) is 37.9 Å². The summed E-state index contributed by atoms with van der Waals surface area (Å²) in [6.45, 7) is 3.85. The van der Waals surface area contributed by atoms with Gasteiger partial charge in [0.2, 0.25) is 0 Å². The monoisotopic (exact) mass is 234 g/mol. The molecule has 2 atom stereocenters. The molecule has 0 bridgehead atoms. The predicted octanol–water partition coefficient (Wildman–Crippen LogP) is 2.34. The van der Waals surface area contributed by atoms with Crippen molar-refractivity contribution in [1.82, 2.24) is 0 Å². The Kier molecular flexibility index (Phi) is 2.96. The Morgan fingerprint density at radius 2 is 2.00 bits per heavy atom. The highest BCUT2D eigenvalue weighted by Crippen LogP contribution is 2.53. The van der Waals surface area contributed by atoms with E-state index in [9.17, 15) is 4.79 Å². The molecular weight excluding hydrogens is 216 g/mol. The molecule has 0 radical (unpaired) electrons. The zero-order valence-electron chi connectivity index (χ0n) is 10.5. The average Bonchev–Trinajstić information content (AvgIpc) is 2.96. The molecule has 2 unspecified atom stereocenters. The minimum atomic E-state index is -0.785. The van der Waals surface area contributed by atoms with E-state index in [0.717, 1.165) is 12.8 Å². The van der Waals surface area contributed by atoms with E-state index in [0.29, 0.717) is 0 Å². The van der Waals surface area contributed by atoms with Gasteiger partial charge in [-0.3, -0.25) is 0 Å². The number of carbonyl (C=O) groups excluding carboxylic acids is 1. The summed E-state index contributed by atoms with van der Waals surface area (Å²) in [6.07, 6.45) is 1.55. The fourth-order valence-electron chi connectivity index (χ4n) is 2.45. The second-order valence-corrected chi connectivity index (χ2v) is 4.64. The topological polar surface area (TPSA) is 38.8 Å². The maximum atomic E-state index is 11.7. The van der Waals surface area contributed by atoms with E-state index in [2.05, 4.69) is 12.1 Å². The van der Waals surface area contributed by atoms with Crippen LogP contribution in [0.1, 0.15) is 25.8 Å². The SMILES string of the molecule is CCC1(Cc2ccccc2)OC1(C)C(=O)OC. The number of rotatable bonds is 4. The van der Waals surface area contributed by atoms with Gasteiger partial charge in [0.05, 0.1) is 7.11 Å². The van der Waals surface area contributed by atoms with E-state index in [4.69, 9.17) is 9.47 Å². The summed E-state index contributed by atoms with van der Waals surface area (Å²) in [6, 6.07) is 10.1. The molecule has 92 valence electrons. The van der Waals surface area contributed by atoms with Crippen molar-refractivity contribution in [1.29, 1.82) is 0 Å². The van der Waals surface area contributed by atoms with Crippen LogP contribution in [0.4, 0.5) is 0 Å². The zero-order chi connectivity index (χ0) is 12.5. The minimum Gasteiger partial charge on any atom is -0.467 e. The lowest BCUT2D eigenvalue weighted by molar-refractivity contribution is -0.146. The zero-order valence-corrected chi connectivity index (χ0v) is 10.5. The van der Waals surface area contributed by atoms with Gasteiger partial charge in [-0.25, -0.2) is 4.79 Å². The van der Waals surface area contributed by atoms with Gasteiger partial charge in [-0.05, 0) is 18.9 Å². The second-order valence-electron chi connectivity index (χ2n) is 4.64. The Labute approximate surface area is 102 Å². The molecule has 1 aliphatic heterocycles. The lowest BCUT2D eigenvalue weighted by atomic mass is 9.86. The summed E-state index contributed by atoms with van der Waals surface area (Å²) in [5, 5.41) is 0. The molecule has 1 aromatic rings. The number of hydrogen-bond acceptors (Lipinski definition) is 3. The average molecular weight is 234 g/mol. The molecule has 0 aromatic heterocycles. The number of esters is 1. The van der Waals surface area contributed by atoms with Crippen molar-refractivity contribution >= 4 is 5.97 Å². The predicted molar refractivity (Wildman–Crippen MR) is 64.7 cm³/mol. The van der Waals surface area contributed by atoms with E-state index in [1.807, 2.05) is 32.0 Å². The highest BCUT2D eigenvalue weighted by Gasteiger charge is 2.71. The Hall–Kier alpha value is -1.35. The number of methoxy groups -OCH3 is 1. The Balaban J connectivity index is 2.17. The third-order valence-electron chi connectivity index (χ3n) is 3.71. The van der Waals surface area contributed by atoms with Gasteiger partial charge >= 0.3 is 5.97 Å². The summed E-state index contributed by atoms with van der Waals surface area (Å²) in [5.41, 5.74) is -0.00433. The number of benzene rings is 1. The molecule has 3 heteroatoms. The highest BCUT2D eigenvalue weighted by molar-refractivity contribution is 5.84. The van der Waals surface area contributed by atoms with Crippen LogP contribution in [0.5, 0.6) is 0 Å². The molecule has 0 aliphatic carbocycles. The Morgan fingerprint density at radius 1 is 1.35 bits per heavy atom. The fraction of sp³-hybridized carbons (Fsp3) is 0.500. The molecule has 0 amide bonds.